The number of halogens is 3. The van der Waals surface area contributed by atoms with Gasteiger partial charge in [-0.15, -0.1) is 4.91 Å². The zero-order chi connectivity index (χ0) is 107. The quantitative estimate of drug-likeness (QED) is 0.0230. The second-order valence-electron chi connectivity index (χ2n) is 43.2. The van der Waals surface area contributed by atoms with E-state index >= 15 is 0 Å². The van der Waals surface area contributed by atoms with Crippen LogP contribution < -0.4 is 34.4 Å². The summed E-state index contributed by atoms with van der Waals surface area (Å²) in [5.74, 6) is 3.75. The first-order valence-electron chi connectivity index (χ1n) is 46.9. The summed E-state index contributed by atoms with van der Waals surface area (Å²) in [6, 6.07) is 35.3. The van der Waals surface area contributed by atoms with Crippen LogP contribution in [0.1, 0.15) is 262 Å². The minimum absolute atomic E-state index is 0. The van der Waals surface area contributed by atoms with Crippen molar-refractivity contribution in [3.05, 3.63) is 223 Å². The number of hydrogen-bond donors (Lipinski definition) is 6. The molecule has 0 spiro atoms. The minimum atomic E-state index is -0.524. The molecule has 0 unspecified atom stereocenters. The van der Waals surface area contributed by atoms with E-state index in [1.807, 2.05) is 245 Å². The lowest BCUT2D eigenvalue weighted by Gasteiger charge is -2.32. The fraction of sp³-hybridized carbons (Fsp3) is 0.431. The molecular formula is C109H149BBr2ClN15O15. The highest BCUT2D eigenvalue weighted by molar-refractivity contribution is 9.11. The van der Waals surface area contributed by atoms with Gasteiger partial charge >= 0.3 is 37.6 Å². The van der Waals surface area contributed by atoms with Crippen LogP contribution in [0.5, 0.6) is 0 Å². The van der Waals surface area contributed by atoms with Crippen LogP contribution in [-0.2, 0) is 57.1 Å². The smallest absolute Gasteiger partial charge is 0.443 e. The SMILES string of the molecule is C.CC(C)(C)OC(=O)n1ccc2c(Br)c(N)ccc21.CC(C)(C)OC(=O)n1ccc2cc(N)ccc21.CC(C)(C)ON=O.CC(C)=CB1OC(C)(C)C(C)(C)O1.CC(C)=Cc1c(N)ccc2c1ccn2C(=O)OC(C)(C)C.CC(C)Cc1c(Br)ccc2c1ccn2C(=O)OC(C)(C)C.CC(C)Cc1c(C(N)=O)ccc2c1ccn2-c1ncnc(N)c1Cl.CC(C)Cc1c(N)ccc2c1ccn2C(=O)OC(C)(C)C. The third-order valence-electron chi connectivity index (χ3n) is 21.0. The van der Waals surface area contributed by atoms with E-state index in [0.717, 1.165) is 122 Å². The molecule has 6 aromatic carbocycles. The van der Waals surface area contributed by atoms with Crippen LogP contribution in [0.3, 0.4) is 0 Å². The van der Waals surface area contributed by atoms with Crippen molar-refractivity contribution >= 4 is 187 Å². The van der Waals surface area contributed by atoms with E-state index in [0.29, 0.717) is 51.2 Å². The number of allylic oxidation sites excluding steroid dienone is 2. The monoisotopic (exact) mass is 2110 g/mol. The molecule has 0 bridgehead atoms. The first-order valence-corrected chi connectivity index (χ1v) is 48.9. The lowest BCUT2D eigenvalue weighted by molar-refractivity contribution is -0.00233. The number of nitrogens with zero attached hydrogens (tertiary/aromatic N) is 9. The third kappa shape index (κ3) is 33.9. The average molecular weight is 2120 g/mol. The number of fused-ring (bicyclic) bond motifs is 6. The number of anilines is 5. The van der Waals surface area contributed by atoms with Crippen LogP contribution in [0.15, 0.2) is 190 Å². The minimum Gasteiger partial charge on any atom is -0.443 e. The van der Waals surface area contributed by atoms with Gasteiger partial charge < -0.3 is 72.2 Å². The standard InChI is InChI=1S/C17H22BrNO2.C17H18ClN5O.C17H24N2O2.C17H22N2O2.C13H15BrN2O2.C13H16N2O2.C10H19BO2.C4H9NO2.CH4/c1-11(2)10-13-12-8-9-19(15(12)7-6-14(13)18)16(20)21-17(3,4)5;1-9(2)7-12-10-5-6-23(13(10)4-3-11(12)16(20)24)17-14(18)15(19)21-8-22-17;2*1-11(2)10-13-12-8-9-19(15(12)7-6-14(13)18)16(20)21-17(3,4)5;1-13(2,3)18-12(17)16-7-6-8-10(16)5-4-9(15)11(8)14;1-13(2,3)17-12(16)15-7-6-9-8-10(14)4-5-11(9)15;1-8(2)7-11-12-9(3,4)10(5,6)13-11;1-4(2,3)7-5-6;/h6-9,11H,10H2,1-5H3;3-6,8-9H,7H2,1-2H3,(H2,20,24)(H2,19,21,22);6-9,11H,10,18H2,1-5H3;6-10H,18H2,1-5H3;4-7H,15H2,1-3H3;4-8H,14H2,1-3H3;7H,1-6H3;1-3H3;1H4. The van der Waals surface area contributed by atoms with Gasteiger partial charge in [-0.1, -0.05) is 99.7 Å². The van der Waals surface area contributed by atoms with Gasteiger partial charge in [0.2, 0.25) is 5.91 Å². The van der Waals surface area contributed by atoms with Gasteiger partial charge in [0.15, 0.2) is 11.2 Å². The molecule has 774 valence electrons. The molecule has 1 fully saturated rings. The van der Waals surface area contributed by atoms with Gasteiger partial charge in [0.1, 0.15) is 50.8 Å². The summed E-state index contributed by atoms with van der Waals surface area (Å²) in [5, 5.41) is 8.39. The summed E-state index contributed by atoms with van der Waals surface area (Å²) in [5.41, 5.74) is 46.5. The van der Waals surface area contributed by atoms with Crippen molar-refractivity contribution in [3.63, 3.8) is 0 Å². The van der Waals surface area contributed by atoms with Gasteiger partial charge in [0, 0.05) is 112 Å². The van der Waals surface area contributed by atoms with Crippen molar-refractivity contribution in [2.45, 2.75) is 293 Å². The Morgan fingerprint density at radius 2 is 0.811 bits per heavy atom. The molecule has 0 saturated carbocycles. The van der Waals surface area contributed by atoms with Crippen LogP contribution in [0, 0.1) is 22.7 Å². The zero-order valence-electron chi connectivity index (χ0n) is 88.3. The van der Waals surface area contributed by atoms with E-state index in [4.69, 9.17) is 79.0 Å². The molecule has 1 aliphatic rings. The first-order chi connectivity index (χ1) is 65.4. The Kier molecular flexibility index (Phi) is 40.7. The average Bonchev–Trinajstić information content (AvgIpc) is 1.62. The maximum atomic E-state index is 12.3. The summed E-state index contributed by atoms with van der Waals surface area (Å²) < 4.78 is 49.8. The molecular weight excluding hydrogens is 1970 g/mol. The van der Waals surface area contributed by atoms with Crippen molar-refractivity contribution in [2.75, 3.05) is 28.7 Å². The number of primary amides is 1. The Hall–Kier alpha value is -12.4. The number of nitrogens with two attached hydrogens (primary N) is 6. The molecule has 143 heavy (non-hydrogen) atoms. The molecule has 12 N–H and O–H groups in total. The lowest BCUT2D eigenvalue weighted by Crippen LogP contribution is -2.41. The van der Waals surface area contributed by atoms with Crippen LogP contribution in [-0.4, -0.2) is 126 Å². The van der Waals surface area contributed by atoms with Crippen LogP contribution in [0.25, 0.3) is 77.3 Å². The van der Waals surface area contributed by atoms with Crippen molar-refractivity contribution in [1.82, 2.24) is 37.4 Å². The molecule has 8 heterocycles. The summed E-state index contributed by atoms with van der Waals surface area (Å²) in [6.07, 6.45) is 14.6. The fourth-order valence-electron chi connectivity index (χ4n) is 14.4. The number of amides is 1. The van der Waals surface area contributed by atoms with Crippen LogP contribution in [0.2, 0.25) is 5.02 Å². The predicted octanol–water partition coefficient (Wildman–Crippen LogP) is 28.5. The molecule has 7 aromatic heterocycles. The fourth-order valence-corrected chi connectivity index (χ4v) is 15.6. The number of aromatic nitrogens is 8. The highest BCUT2D eigenvalue weighted by Gasteiger charge is 2.50. The van der Waals surface area contributed by atoms with Gasteiger partial charge in [0.25, 0.3) is 0 Å². The highest BCUT2D eigenvalue weighted by atomic mass is 79.9. The highest BCUT2D eigenvalue weighted by Crippen LogP contribution is 2.40. The maximum absolute atomic E-state index is 12.3. The zero-order valence-corrected chi connectivity index (χ0v) is 92.3. The van der Waals surface area contributed by atoms with E-state index in [-0.39, 0.29) is 55.9 Å². The third-order valence-corrected chi connectivity index (χ3v) is 23.0. The van der Waals surface area contributed by atoms with Crippen LogP contribution in [0.4, 0.5) is 52.5 Å². The van der Waals surface area contributed by atoms with E-state index < -0.39 is 45.6 Å². The van der Waals surface area contributed by atoms with E-state index in [9.17, 15) is 33.7 Å². The Balaban J connectivity index is 0.000000253. The maximum Gasteiger partial charge on any atom is 0.487 e. The topological polar surface area (TPSA) is 417 Å². The number of rotatable bonds is 11. The number of nitrogen functional groups attached to an aromatic ring is 5. The summed E-state index contributed by atoms with van der Waals surface area (Å²) >= 11 is 13.3. The second kappa shape index (κ2) is 48.8. The number of hydrogen-bond acceptors (Lipinski definition) is 23. The molecule has 1 saturated heterocycles. The number of benzene rings is 6. The first kappa shape index (κ1) is 119. The van der Waals surface area contributed by atoms with E-state index in [2.05, 4.69) is 121 Å². The summed E-state index contributed by atoms with van der Waals surface area (Å²) in [7, 11) is -0.185. The van der Waals surface area contributed by atoms with Gasteiger partial charge in [-0.25, -0.2) is 33.9 Å². The summed E-state index contributed by atoms with van der Waals surface area (Å²) in [4.78, 5) is 94.3. The number of carbonyl (C=O) groups excluding carboxylic acids is 6. The molecule has 1 aliphatic heterocycles. The molecule has 34 heteroatoms. The van der Waals surface area contributed by atoms with Gasteiger partial charge in [-0.2, -0.15) is 0 Å². The van der Waals surface area contributed by atoms with Crippen molar-refractivity contribution in [2.24, 2.45) is 28.8 Å². The molecule has 14 rings (SSSR count). The van der Waals surface area contributed by atoms with Crippen molar-refractivity contribution in [1.29, 1.82) is 0 Å². The normalized spacial score (nSPS) is 12.8. The number of ether oxygens (including phenoxy) is 5. The second-order valence-corrected chi connectivity index (χ2v) is 45.2. The molecule has 0 aliphatic carbocycles. The van der Waals surface area contributed by atoms with Crippen molar-refractivity contribution in [3.8, 4) is 5.82 Å². The number of carbonyl (C=O) groups is 6. The van der Waals surface area contributed by atoms with Crippen LogP contribution >= 0.6 is 43.5 Å². The summed E-state index contributed by atoms with van der Waals surface area (Å²) in [6.45, 7) is 62.3. The van der Waals surface area contributed by atoms with E-state index in [1.165, 1.54) is 31.2 Å². The Morgan fingerprint density at radius 3 is 1.23 bits per heavy atom. The molecule has 30 nitrogen and oxygen atoms in total. The van der Waals surface area contributed by atoms with Gasteiger partial charge in [-0.3, -0.25) is 32.2 Å². The Bertz CT molecular complexity index is 6600. The van der Waals surface area contributed by atoms with E-state index in [1.54, 1.807) is 85.2 Å². The molecule has 13 aromatic rings. The van der Waals surface area contributed by atoms with Gasteiger partial charge in [-0.05, 0) is 365 Å². The molecule has 0 atom stereocenters. The Morgan fingerprint density at radius 1 is 0.448 bits per heavy atom. The molecule has 1 amide bonds. The Labute approximate surface area is 864 Å². The molecule has 0 radical (unpaired) electrons. The predicted molar refractivity (Wildman–Crippen MR) is 592 cm³/mol. The van der Waals surface area contributed by atoms with Gasteiger partial charge in [0.05, 0.1) is 44.3 Å². The van der Waals surface area contributed by atoms with Crippen molar-refractivity contribution < 1.29 is 66.6 Å². The largest absolute Gasteiger partial charge is 0.487 e. The lowest BCUT2D eigenvalue weighted by atomic mass is 9.88.